The van der Waals surface area contributed by atoms with Gasteiger partial charge in [-0.05, 0) is 12.0 Å². The van der Waals surface area contributed by atoms with Crippen LogP contribution in [0.2, 0.25) is 0 Å². The monoisotopic (exact) mass is 263 g/mol. The molecule has 1 saturated heterocycles. The Kier molecular flexibility index (Phi) is 5.79. The summed E-state index contributed by atoms with van der Waals surface area (Å²) in [5, 5.41) is 8.92. The zero-order valence-electron chi connectivity index (χ0n) is 11.5. The van der Waals surface area contributed by atoms with Gasteiger partial charge in [0.1, 0.15) is 0 Å². The molecule has 0 radical (unpaired) electrons. The van der Waals surface area contributed by atoms with Crippen molar-refractivity contribution in [1.82, 2.24) is 9.80 Å². The van der Waals surface area contributed by atoms with E-state index in [-0.39, 0.29) is 12.6 Å². The lowest BCUT2D eigenvalue weighted by molar-refractivity contribution is 0.108. The lowest BCUT2D eigenvalue weighted by Crippen LogP contribution is -2.50. The maximum absolute atomic E-state index is 8.92. The molecule has 1 unspecified atom stereocenters. The van der Waals surface area contributed by atoms with E-state index in [2.05, 4.69) is 34.1 Å². The van der Waals surface area contributed by atoms with E-state index < -0.39 is 0 Å². The zero-order valence-corrected chi connectivity index (χ0v) is 11.5. The van der Waals surface area contributed by atoms with Crippen molar-refractivity contribution in [3.05, 3.63) is 35.9 Å². The molecule has 4 nitrogen and oxygen atoms in total. The van der Waals surface area contributed by atoms with Crippen molar-refractivity contribution in [2.24, 2.45) is 5.73 Å². The molecule has 1 aromatic rings. The molecule has 1 aromatic carbocycles. The number of aliphatic hydroxyl groups is 1. The van der Waals surface area contributed by atoms with Gasteiger partial charge < -0.3 is 10.8 Å². The Bertz CT molecular complexity index is 350. The van der Waals surface area contributed by atoms with Gasteiger partial charge in [0.2, 0.25) is 0 Å². The predicted molar refractivity (Wildman–Crippen MR) is 78.1 cm³/mol. The minimum absolute atomic E-state index is 0.201. The van der Waals surface area contributed by atoms with Crippen molar-refractivity contribution in [3.63, 3.8) is 0 Å². The van der Waals surface area contributed by atoms with Crippen molar-refractivity contribution in [2.45, 2.75) is 12.5 Å². The lowest BCUT2D eigenvalue weighted by atomic mass is 10.1. The van der Waals surface area contributed by atoms with Crippen molar-refractivity contribution in [2.75, 3.05) is 45.9 Å². The minimum atomic E-state index is 0.201. The van der Waals surface area contributed by atoms with Crippen LogP contribution in [0.25, 0.3) is 0 Å². The number of aliphatic hydroxyl groups excluding tert-OH is 1. The number of nitrogens with zero attached hydrogens (tertiary/aromatic N) is 2. The molecule has 4 heteroatoms. The highest BCUT2D eigenvalue weighted by Crippen LogP contribution is 2.06. The highest BCUT2D eigenvalue weighted by atomic mass is 16.3. The summed E-state index contributed by atoms with van der Waals surface area (Å²) in [7, 11) is 0. The first-order chi connectivity index (χ1) is 9.28. The van der Waals surface area contributed by atoms with Crippen LogP contribution in [0.15, 0.2) is 30.3 Å². The van der Waals surface area contributed by atoms with Gasteiger partial charge in [-0.25, -0.2) is 0 Å². The Morgan fingerprint density at radius 1 is 1.05 bits per heavy atom. The third-order valence-corrected chi connectivity index (χ3v) is 3.71. The highest BCUT2D eigenvalue weighted by Gasteiger charge is 2.18. The van der Waals surface area contributed by atoms with Crippen LogP contribution >= 0.6 is 0 Å². The second kappa shape index (κ2) is 7.60. The maximum atomic E-state index is 8.92. The van der Waals surface area contributed by atoms with Gasteiger partial charge in [-0.15, -0.1) is 0 Å². The number of hydrogen-bond acceptors (Lipinski definition) is 4. The number of benzene rings is 1. The molecule has 1 heterocycles. The van der Waals surface area contributed by atoms with Crippen molar-refractivity contribution in [1.29, 1.82) is 0 Å². The van der Waals surface area contributed by atoms with Gasteiger partial charge in [-0.2, -0.15) is 0 Å². The third-order valence-electron chi connectivity index (χ3n) is 3.71. The number of hydrogen-bond donors (Lipinski definition) is 2. The van der Waals surface area contributed by atoms with Gasteiger partial charge in [0.15, 0.2) is 0 Å². The van der Waals surface area contributed by atoms with Crippen LogP contribution in [-0.4, -0.2) is 66.8 Å². The Balaban J connectivity index is 1.70. The van der Waals surface area contributed by atoms with Crippen LogP contribution in [0, 0.1) is 0 Å². The average Bonchev–Trinajstić information content (AvgIpc) is 2.42. The van der Waals surface area contributed by atoms with Crippen LogP contribution in [0.3, 0.4) is 0 Å². The van der Waals surface area contributed by atoms with Crippen molar-refractivity contribution < 1.29 is 5.11 Å². The molecule has 0 amide bonds. The van der Waals surface area contributed by atoms with Crippen LogP contribution in [-0.2, 0) is 6.42 Å². The fourth-order valence-electron chi connectivity index (χ4n) is 2.65. The van der Waals surface area contributed by atoms with Gasteiger partial charge >= 0.3 is 0 Å². The summed E-state index contributed by atoms with van der Waals surface area (Å²) < 4.78 is 0. The summed E-state index contributed by atoms with van der Waals surface area (Å²) in [6.07, 6.45) is 0.942. The molecule has 1 aliphatic rings. The molecule has 2 rings (SSSR count). The number of rotatable bonds is 6. The highest BCUT2D eigenvalue weighted by molar-refractivity contribution is 5.15. The second-order valence-corrected chi connectivity index (χ2v) is 5.32. The molecule has 0 aliphatic carbocycles. The Labute approximate surface area is 115 Å². The predicted octanol–water partition coefficient (Wildman–Crippen LogP) is 0.166. The van der Waals surface area contributed by atoms with E-state index in [1.54, 1.807) is 0 Å². The zero-order chi connectivity index (χ0) is 13.5. The SMILES string of the molecule is NC(Cc1ccccc1)CN1CCN(CCO)CC1. The number of piperazine rings is 1. The van der Waals surface area contributed by atoms with E-state index in [1.807, 2.05) is 6.07 Å². The summed E-state index contributed by atoms with van der Waals surface area (Å²) in [6, 6.07) is 10.6. The van der Waals surface area contributed by atoms with Crippen molar-refractivity contribution in [3.8, 4) is 0 Å². The standard InChI is InChI=1S/C15H25N3O/c16-15(12-14-4-2-1-3-5-14)13-18-8-6-17(7-9-18)10-11-19/h1-5,15,19H,6-13,16H2. The quantitative estimate of drug-likeness (QED) is 0.768. The maximum Gasteiger partial charge on any atom is 0.0558 e. The van der Waals surface area contributed by atoms with Crippen LogP contribution < -0.4 is 5.73 Å². The Morgan fingerprint density at radius 3 is 2.32 bits per heavy atom. The Hall–Kier alpha value is -0.940. The molecule has 0 aromatic heterocycles. The van der Waals surface area contributed by atoms with Gasteiger partial charge in [0.05, 0.1) is 6.61 Å². The van der Waals surface area contributed by atoms with Crippen LogP contribution in [0.5, 0.6) is 0 Å². The molecule has 106 valence electrons. The second-order valence-electron chi connectivity index (χ2n) is 5.32. The largest absolute Gasteiger partial charge is 0.395 e. The Morgan fingerprint density at radius 2 is 1.68 bits per heavy atom. The topological polar surface area (TPSA) is 52.7 Å². The fourth-order valence-corrected chi connectivity index (χ4v) is 2.65. The smallest absolute Gasteiger partial charge is 0.0558 e. The normalized spacial score (nSPS) is 19.5. The van der Waals surface area contributed by atoms with Gasteiger partial charge in [0.25, 0.3) is 0 Å². The van der Waals surface area contributed by atoms with Gasteiger partial charge in [-0.3, -0.25) is 9.80 Å². The van der Waals surface area contributed by atoms with E-state index in [9.17, 15) is 0 Å². The van der Waals surface area contributed by atoms with E-state index in [4.69, 9.17) is 10.8 Å². The molecular weight excluding hydrogens is 238 g/mol. The molecule has 1 atom stereocenters. The first-order valence-electron chi connectivity index (χ1n) is 7.13. The van der Waals surface area contributed by atoms with E-state index in [1.165, 1.54) is 5.56 Å². The molecule has 0 saturated carbocycles. The van der Waals surface area contributed by atoms with Crippen molar-refractivity contribution >= 4 is 0 Å². The summed E-state index contributed by atoms with van der Waals surface area (Å²) in [4.78, 5) is 4.74. The minimum Gasteiger partial charge on any atom is -0.395 e. The molecule has 1 fully saturated rings. The molecule has 3 N–H and O–H groups in total. The fraction of sp³-hybridized carbons (Fsp3) is 0.600. The molecule has 0 spiro atoms. The molecule has 1 aliphatic heterocycles. The molecular formula is C15H25N3O. The average molecular weight is 263 g/mol. The third kappa shape index (κ3) is 4.91. The van der Waals surface area contributed by atoms with Gasteiger partial charge in [0, 0.05) is 45.3 Å². The summed E-state index contributed by atoms with van der Waals surface area (Å²) in [5.41, 5.74) is 7.55. The summed E-state index contributed by atoms with van der Waals surface area (Å²) >= 11 is 0. The first-order valence-corrected chi connectivity index (χ1v) is 7.13. The molecule has 0 bridgehead atoms. The van der Waals surface area contributed by atoms with Crippen LogP contribution in [0.4, 0.5) is 0 Å². The summed E-state index contributed by atoms with van der Waals surface area (Å²) in [6.45, 7) is 6.21. The van der Waals surface area contributed by atoms with E-state index >= 15 is 0 Å². The summed E-state index contributed by atoms with van der Waals surface area (Å²) in [5.74, 6) is 0. The molecule has 19 heavy (non-hydrogen) atoms. The van der Waals surface area contributed by atoms with E-state index in [0.717, 1.165) is 45.7 Å². The first kappa shape index (κ1) is 14.5. The van der Waals surface area contributed by atoms with Gasteiger partial charge in [-0.1, -0.05) is 30.3 Å². The number of nitrogens with two attached hydrogens (primary N) is 1. The lowest BCUT2D eigenvalue weighted by Gasteiger charge is -2.35. The number of β-amino-alcohol motifs (C(OH)–C–C–N with tert-alkyl or cyclic N) is 1. The van der Waals surface area contributed by atoms with E-state index in [0.29, 0.717) is 0 Å². The van der Waals surface area contributed by atoms with Crippen LogP contribution in [0.1, 0.15) is 5.56 Å².